The number of anilines is 2. The molecule has 3 aliphatic heterocycles. The van der Waals surface area contributed by atoms with Crippen LogP contribution in [0.1, 0.15) is 12.5 Å². The van der Waals surface area contributed by atoms with Crippen molar-refractivity contribution in [2.75, 3.05) is 31.8 Å². The first-order valence-corrected chi connectivity index (χ1v) is 16.1. The molecule has 2 unspecified atom stereocenters. The third-order valence-corrected chi connectivity index (χ3v) is 9.45. The minimum absolute atomic E-state index is 0.0537. The molecule has 24 heteroatoms. The summed E-state index contributed by atoms with van der Waals surface area (Å²) in [6, 6.07) is 0. The number of nitrogens with zero attached hydrogens (tertiary/aromatic N) is 8. The summed E-state index contributed by atoms with van der Waals surface area (Å²) in [5.74, 6) is 0.140. The number of ether oxygens (including phenoxy) is 3. The van der Waals surface area contributed by atoms with Crippen molar-refractivity contribution in [1.29, 1.82) is 0 Å². The Bertz CT molecular complexity index is 1840. The molecule has 0 spiro atoms. The molecule has 3 aliphatic rings. The summed E-state index contributed by atoms with van der Waals surface area (Å²) in [5, 5.41) is 11.2. The Kier molecular flexibility index (Phi) is 7.59. The highest BCUT2D eigenvalue weighted by molar-refractivity contribution is 7.47. The lowest BCUT2D eigenvalue weighted by molar-refractivity contribution is -0.237. The molecule has 3 fully saturated rings. The summed E-state index contributed by atoms with van der Waals surface area (Å²) >= 11 is 0. The molecule has 0 bridgehead atoms. The number of rotatable bonds is 3. The Morgan fingerprint density at radius 3 is 2.04 bits per heavy atom. The molecule has 22 nitrogen and oxygen atoms in total. The molecule has 7 rings (SSSR count). The van der Waals surface area contributed by atoms with Crippen LogP contribution in [0, 0.1) is 0 Å². The maximum absolute atomic E-state index is 13.2. The minimum Gasteiger partial charge on any atom is -0.756 e. The summed E-state index contributed by atoms with van der Waals surface area (Å²) < 4.78 is 67.5. The molecule has 45 heavy (non-hydrogen) atoms. The number of aliphatic hydroxyl groups is 1. The van der Waals surface area contributed by atoms with Gasteiger partial charge in [-0.3, -0.25) is 22.7 Å². The predicted molar refractivity (Wildman–Crippen MR) is 143 cm³/mol. The molecule has 6 N–H and O–H groups in total. The Balaban J connectivity index is 1.18. The third kappa shape index (κ3) is 5.37. The zero-order chi connectivity index (χ0) is 31.7. The molecule has 0 radical (unpaired) electrons. The van der Waals surface area contributed by atoms with Gasteiger partial charge in [0.05, 0.1) is 25.9 Å². The molecule has 0 saturated carbocycles. The SMILES string of the molecule is CO[C@@H]1[C@@H]2OP(=O)([O-])OC[C@H]3O[C@@H](n4cnc5c(N)ncnc54)[C@H](O)[C@@H]3OP(=O)(O)OC[C@H]2O[C@H]1n1cnc2c(N)ncnc21. The van der Waals surface area contributed by atoms with E-state index in [0.717, 1.165) is 6.33 Å². The van der Waals surface area contributed by atoms with Crippen LogP contribution < -0.4 is 16.4 Å². The lowest BCUT2D eigenvalue weighted by Crippen LogP contribution is -2.40. The number of hydrogen-bond donors (Lipinski definition) is 4. The van der Waals surface area contributed by atoms with E-state index >= 15 is 0 Å². The van der Waals surface area contributed by atoms with Crippen molar-refractivity contribution in [3.8, 4) is 0 Å². The van der Waals surface area contributed by atoms with Gasteiger partial charge in [0.25, 0.3) is 7.82 Å². The molecule has 7 heterocycles. The van der Waals surface area contributed by atoms with Crippen molar-refractivity contribution in [2.24, 2.45) is 0 Å². The average Bonchev–Trinajstić information content (AvgIpc) is 3.75. The van der Waals surface area contributed by atoms with Crippen LogP contribution >= 0.6 is 15.6 Å². The molecule has 3 saturated heterocycles. The number of phosphoric ester groups is 2. The second kappa shape index (κ2) is 11.2. The van der Waals surface area contributed by atoms with E-state index < -0.39 is 77.9 Å². The number of aliphatic hydroxyl groups excluding tert-OH is 1. The number of nitrogen functional groups attached to an aromatic ring is 2. The summed E-state index contributed by atoms with van der Waals surface area (Å²) in [6.45, 7) is -1.52. The van der Waals surface area contributed by atoms with Gasteiger partial charge in [0.1, 0.15) is 60.3 Å². The van der Waals surface area contributed by atoms with Crippen LogP contribution in [-0.2, 0) is 41.4 Å². The zero-order valence-electron chi connectivity index (χ0n) is 22.9. The van der Waals surface area contributed by atoms with E-state index in [9.17, 15) is 24.0 Å². The Morgan fingerprint density at radius 1 is 0.867 bits per heavy atom. The molecule has 0 aliphatic carbocycles. The van der Waals surface area contributed by atoms with Crippen LogP contribution in [0.5, 0.6) is 0 Å². The summed E-state index contributed by atoms with van der Waals surface area (Å²) in [4.78, 5) is 48.1. The molecular formula is C21H25N10O12P2-. The molecule has 4 aromatic rings. The van der Waals surface area contributed by atoms with Crippen LogP contribution in [-0.4, -0.2) is 106 Å². The van der Waals surface area contributed by atoms with E-state index in [4.69, 9.17) is 43.8 Å². The van der Waals surface area contributed by atoms with E-state index in [0.29, 0.717) is 0 Å². The van der Waals surface area contributed by atoms with Crippen molar-refractivity contribution >= 4 is 49.6 Å². The molecule has 242 valence electrons. The third-order valence-electron chi connectivity index (χ3n) is 7.49. The fraction of sp³-hybridized carbons (Fsp3) is 0.524. The van der Waals surface area contributed by atoms with Crippen LogP contribution in [0.2, 0.25) is 0 Å². The summed E-state index contributed by atoms with van der Waals surface area (Å²) in [7, 11) is -8.89. The molecule has 0 aromatic carbocycles. The highest BCUT2D eigenvalue weighted by Gasteiger charge is 2.53. The Labute approximate surface area is 251 Å². The Hall–Kier alpha value is -3.24. The summed E-state index contributed by atoms with van der Waals surface area (Å²) in [6.07, 6.45) is -6.20. The van der Waals surface area contributed by atoms with Gasteiger partial charge >= 0.3 is 7.82 Å². The van der Waals surface area contributed by atoms with Crippen molar-refractivity contribution in [2.45, 2.75) is 49.1 Å². The topological polar surface area (TPSA) is 302 Å². The van der Waals surface area contributed by atoms with Crippen LogP contribution in [0.4, 0.5) is 11.6 Å². The van der Waals surface area contributed by atoms with E-state index in [1.165, 1.54) is 35.2 Å². The van der Waals surface area contributed by atoms with Gasteiger partial charge in [-0.25, -0.2) is 34.5 Å². The molecule has 4 aromatic heterocycles. The minimum atomic E-state index is -5.19. The number of aromatic nitrogens is 8. The number of methoxy groups -OCH3 is 1. The second-order valence-corrected chi connectivity index (χ2v) is 12.9. The highest BCUT2D eigenvalue weighted by atomic mass is 31.2. The number of fused-ring (bicyclic) bond motifs is 4. The van der Waals surface area contributed by atoms with Crippen molar-refractivity contribution in [1.82, 2.24) is 39.0 Å². The van der Waals surface area contributed by atoms with Gasteiger partial charge in [-0.05, 0) is 0 Å². The quantitative estimate of drug-likeness (QED) is 0.178. The van der Waals surface area contributed by atoms with Gasteiger partial charge in [0.15, 0.2) is 35.4 Å². The van der Waals surface area contributed by atoms with Gasteiger partial charge in [-0.1, -0.05) is 0 Å². The maximum Gasteiger partial charge on any atom is 0.472 e. The van der Waals surface area contributed by atoms with Gasteiger partial charge < -0.3 is 49.6 Å². The van der Waals surface area contributed by atoms with Gasteiger partial charge in [-0.15, -0.1) is 0 Å². The van der Waals surface area contributed by atoms with E-state index in [-0.39, 0.29) is 34.0 Å². The van der Waals surface area contributed by atoms with Crippen LogP contribution in [0.3, 0.4) is 0 Å². The maximum atomic E-state index is 13.2. The summed E-state index contributed by atoms with van der Waals surface area (Å²) in [5.41, 5.74) is 12.6. The van der Waals surface area contributed by atoms with Crippen molar-refractivity contribution < 1.29 is 56.3 Å². The average molecular weight is 671 g/mol. The monoisotopic (exact) mass is 671 g/mol. The second-order valence-electron chi connectivity index (χ2n) is 10.1. The first-order valence-electron chi connectivity index (χ1n) is 13.1. The van der Waals surface area contributed by atoms with Gasteiger partial charge in [-0.2, -0.15) is 0 Å². The molecular weight excluding hydrogens is 646 g/mol. The smallest absolute Gasteiger partial charge is 0.472 e. The fourth-order valence-electron chi connectivity index (χ4n) is 5.47. The lowest BCUT2D eigenvalue weighted by atomic mass is 10.1. The standard InChI is InChI=1S/C21H26N10O12P2/c1-37-15-14-9(41-21(15)31-7-29-11-17(23)25-5-27-19(11)31)3-39-44(33,34)42-13-8(2-38-45(35,36)43-14)40-20(12(13)32)30-6-28-10-16(22)24-4-26-18(10)30/h4-9,12-15,20-21,32H,2-3H2,1H3,(H,33,34)(H,35,36)(H2,22,24,26)(H2,23,25,27)/p-1/t8-,9-,12-,13-,14-,15-,20-,21-/m1/s1. The van der Waals surface area contributed by atoms with Crippen molar-refractivity contribution in [3.63, 3.8) is 0 Å². The van der Waals surface area contributed by atoms with E-state index in [2.05, 4.69) is 29.9 Å². The van der Waals surface area contributed by atoms with E-state index in [1.807, 2.05) is 0 Å². The normalized spacial score (nSPS) is 37.7. The number of nitrogens with two attached hydrogens (primary N) is 2. The van der Waals surface area contributed by atoms with E-state index in [1.54, 1.807) is 0 Å². The molecule has 0 amide bonds. The largest absolute Gasteiger partial charge is 0.756 e. The van der Waals surface area contributed by atoms with Gasteiger partial charge in [0.2, 0.25) is 0 Å². The Morgan fingerprint density at radius 2 is 1.42 bits per heavy atom. The number of phosphoric acid groups is 2. The van der Waals surface area contributed by atoms with Gasteiger partial charge in [0, 0.05) is 7.11 Å². The number of imidazole rings is 2. The highest BCUT2D eigenvalue weighted by Crippen LogP contribution is 2.52. The predicted octanol–water partition coefficient (Wildman–Crippen LogP) is -1.61. The zero-order valence-corrected chi connectivity index (χ0v) is 24.7. The number of hydrogen-bond acceptors (Lipinski definition) is 19. The fourth-order valence-corrected chi connectivity index (χ4v) is 7.37. The van der Waals surface area contributed by atoms with Crippen molar-refractivity contribution in [3.05, 3.63) is 25.3 Å². The molecule has 10 atom stereocenters. The lowest BCUT2D eigenvalue weighted by Gasteiger charge is -2.33. The van der Waals surface area contributed by atoms with Crippen LogP contribution in [0.25, 0.3) is 22.3 Å². The first kappa shape index (κ1) is 30.4. The van der Waals surface area contributed by atoms with Crippen LogP contribution in [0.15, 0.2) is 25.3 Å². The first-order chi connectivity index (χ1) is 21.5.